The van der Waals surface area contributed by atoms with E-state index in [9.17, 15) is 9.59 Å². The van der Waals surface area contributed by atoms with E-state index in [2.05, 4.69) is 21.1 Å². The second-order valence-electron chi connectivity index (χ2n) is 5.07. The predicted molar refractivity (Wildman–Crippen MR) is 85.9 cm³/mol. The third-order valence-corrected chi connectivity index (χ3v) is 3.27. The van der Waals surface area contributed by atoms with E-state index in [0.717, 1.165) is 5.56 Å². The Morgan fingerprint density at radius 3 is 2.74 bits per heavy atom. The molecule has 1 aromatic carbocycles. The van der Waals surface area contributed by atoms with Gasteiger partial charge in [0.15, 0.2) is 0 Å². The summed E-state index contributed by atoms with van der Waals surface area (Å²) in [6, 6.07) is 8.83. The third kappa shape index (κ3) is 5.14. The van der Waals surface area contributed by atoms with Gasteiger partial charge in [-0.05, 0) is 25.0 Å². The Morgan fingerprint density at radius 1 is 1.26 bits per heavy atom. The Balaban J connectivity index is 1.90. The highest BCUT2D eigenvalue weighted by Crippen LogP contribution is 2.16. The number of nitrogens with one attached hydrogen (secondary N) is 3. The molecular formula is C16H20N4O3. The van der Waals surface area contributed by atoms with E-state index in [1.54, 1.807) is 26.1 Å². The van der Waals surface area contributed by atoms with Crippen LogP contribution in [0.4, 0.5) is 10.5 Å². The maximum atomic E-state index is 12.0. The fraction of sp³-hybridized carbons (Fsp3) is 0.312. The first kappa shape index (κ1) is 16.5. The normalized spacial score (nSPS) is 10.2. The number of anilines is 1. The molecule has 1 heterocycles. The number of aryl methyl sites for hydroxylation is 2. The SMILES string of the molecule is CNC(=O)CCc1ccccc1NC(=O)NCc1cc(C)on1. The number of benzene rings is 1. The highest BCUT2D eigenvalue weighted by atomic mass is 16.5. The first-order valence-electron chi connectivity index (χ1n) is 7.34. The Hall–Kier alpha value is -2.83. The lowest BCUT2D eigenvalue weighted by atomic mass is 10.1. The molecule has 0 radical (unpaired) electrons. The van der Waals surface area contributed by atoms with E-state index in [1.807, 2.05) is 18.2 Å². The lowest BCUT2D eigenvalue weighted by molar-refractivity contribution is -0.120. The molecule has 23 heavy (non-hydrogen) atoms. The van der Waals surface area contributed by atoms with Gasteiger partial charge in [0, 0.05) is 25.2 Å². The summed E-state index contributed by atoms with van der Waals surface area (Å²) in [6.07, 6.45) is 0.924. The van der Waals surface area contributed by atoms with Gasteiger partial charge in [0.25, 0.3) is 0 Å². The molecule has 122 valence electrons. The molecule has 0 bridgehead atoms. The van der Waals surface area contributed by atoms with E-state index < -0.39 is 0 Å². The monoisotopic (exact) mass is 316 g/mol. The number of hydrogen-bond donors (Lipinski definition) is 3. The van der Waals surface area contributed by atoms with Crippen molar-refractivity contribution in [3.05, 3.63) is 47.3 Å². The predicted octanol–water partition coefficient (Wildman–Crippen LogP) is 1.98. The molecule has 0 atom stereocenters. The Bertz CT molecular complexity index is 681. The van der Waals surface area contributed by atoms with Gasteiger partial charge in [-0.25, -0.2) is 4.79 Å². The van der Waals surface area contributed by atoms with E-state index in [0.29, 0.717) is 30.0 Å². The molecule has 3 N–H and O–H groups in total. The van der Waals surface area contributed by atoms with Crippen LogP contribution in [0.15, 0.2) is 34.9 Å². The average molecular weight is 316 g/mol. The Morgan fingerprint density at radius 2 is 2.04 bits per heavy atom. The van der Waals surface area contributed by atoms with Gasteiger partial charge in [0.1, 0.15) is 11.5 Å². The molecule has 7 nitrogen and oxygen atoms in total. The van der Waals surface area contributed by atoms with Gasteiger partial charge in [0.2, 0.25) is 5.91 Å². The molecule has 2 rings (SSSR count). The molecule has 0 saturated heterocycles. The van der Waals surface area contributed by atoms with Crippen molar-refractivity contribution < 1.29 is 14.1 Å². The Labute approximate surface area is 134 Å². The molecule has 0 fully saturated rings. The van der Waals surface area contributed by atoms with Gasteiger partial charge in [-0.3, -0.25) is 4.79 Å². The van der Waals surface area contributed by atoms with Crippen LogP contribution in [0.2, 0.25) is 0 Å². The topological polar surface area (TPSA) is 96.3 Å². The highest BCUT2D eigenvalue weighted by molar-refractivity contribution is 5.90. The summed E-state index contributed by atoms with van der Waals surface area (Å²) in [5.41, 5.74) is 2.25. The number of para-hydroxylation sites is 1. The van der Waals surface area contributed by atoms with Crippen LogP contribution in [0.5, 0.6) is 0 Å². The number of rotatable bonds is 6. The van der Waals surface area contributed by atoms with Crippen LogP contribution in [0.3, 0.4) is 0 Å². The van der Waals surface area contributed by atoms with Crippen LogP contribution in [-0.4, -0.2) is 24.1 Å². The first-order chi connectivity index (χ1) is 11.1. The van der Waals surface area contributed by atoms with Gasteiger partial charge < -0.3 is 20.5 Å². The van der Waals surface area contributed by atoms with E-state index in [1.165, 1.54) is 0 Å². The number of hydrogen-bond acceptors (Lipinski definition) is 4. The maximum absolute atomic E-state index is 12.0. The van der Waals surface area contributed by atoms with E-state index >= 15 is 0 Å². The zero-order valence-electron chi connectivity index (χ0n) is 13.2. The molecule has 0 aliphatic carbocycles. The molecule has 0 unspecified atom stereocenters. The van der Waals surface area contributed by atoms with Gasteiger partial charge in [-0.15, -0.1) is 0 Å². The van der Waals surface area contributed by atoms with Crippen LogP contribution in [0, 0.1) is 6.92 Å². The second kappa shape index (κ2) is 7.98. The number of aromatic nitrogens is 1. The minimum absolute atomic E-state index is 0.0364. The summed E-state index contributed by atoms with van der Waals surface area (Å²) in [4.78, 5) is 23.3. The number of urea groups is 1. The van der Waals surface area contributed by atoms with Crippen molar-refractivity contribution in [3.8, 4) is 0 Å². The minimum Gasteiger partial charge on any atom is -0.361 e. The highest BCUT2D eigenvalue weighted by Gasteiger charge is 2.09. The minimum atomic E-state index is -0.335. The lowest BCUT2D eigenvalue weighted by Crippen LogP contribution is -2.28. The van der Waals surface area contributed by atoms with Crippen LogP contribution in [0.1, 0.15) is 23.4 Å². The average Bonchev–Trinajstić information content (AvgIpc) is 2.97. The van der Waals surface area contributed by atoms with E-state index in [-0.39, 0.29) is 18.5 Å². The van der Waals surface area contributed by atoms with Gasteiger partial charge in [-0.1, -0.05) is 23.4 Å². The standard InChI is InChI=1S/C16H20N4O3/c1-11-9-13(20-23-11)10-18-16(22)19-14-6-4-3-5-12(14)7-8-15(21)17-2/h3-6,9H,7-8,10H2,1-2H3,(H,17,21)(H2,18,19,22). The summed E-state index contributed by atoms with van der Waals surface area (Å²) in [7, 11) is 1.60. The van der Waals surface area contributed by atoms with Crippen molar-refractivity contribution in [2.24, 2.45) is 0 Å². The molecule has 0 spiro atoms. The second-order valence-corrected chi connectivity index (χ2v) is 5.07. The maximum Gasteiger partial charge on any atom is 0.319 e. The quantitative estimate of drug-likeness (QED) is 0.759. The van der Waals surface area contributed by atoms with Crippen LogP contribution in [-0.2, 0) is 17.8 Å². The molecule has 7 heteroatoms. The molecule has 0 saturated carbocycles. The zero-order chi connectivity index (χ0) is 16.7. The van der Waals surface area contributed by atoms with Crippen molar-refractivity contribution >= 4 is 17.6 Å². The van der Waals surface area contributed by atoms with Crippen molar-refractivity contribution in [2.45, 2.75) is 26.3 Å². The molecular weight excluding hydrogens is 296 g/mol. The number of nitrogens with zero attached hydrogens (tertiary/aromatic N) is 1. The van der Waals surface area contributed by atoms with Crippen molar-refractivity contribution in [3.63, 3.8) is 0 Å². The zero-order valence-corrected chi connectivity index (χ0v) is 13.2. The summed E-state index contributed by atoms with van der Waals surface area (Å²) < 4.78 is 4.94. The summed E-state index contributed by atoms with van der Waals surface area (Å²) >= 11 is 0. The fourth-order valence-electron chi connectivity index (χ4n) is 2.07. The van der Waals surface area contributed by atoms with Gasteiger partial charge in [-0.2, -0.15) is 0 Å². The summed E-state index contributed by atoms with van der Waals surface area (Å²) in [5.74, 6) is 0.660. The van der Waals surface area contributed by atoms with Crippen molar-refractivity contribution in [1.29, 1.82) is 0 Å². The van der Waals surface area contributed by atoms with Crippen molar-refractivity contribution in [1.82, 2.24) is 15.8 Å². The number of amides is 3. The van der Waals surface area contributed by atoms with Gasteiger partial charge in [0.05, 0.1) is 6.54 Å². The fourth-order valence-corrected chi connectivity index (χ4v) is 2.07. The smallest absolute Gasteiger partial charge is 0.319 e. The largest absolute Gasteiger partial charge is 0.361 e. The van der Waals surface area contributed by atoms with Crippen molar-refractivity contribution in [2.75, 3.05) is 12.4 Å². The molecule has 2 aromatic rings. The summed E-state index contributed by atoms with van der Waals surface area (Å²) in [5, 5.41) is 11.9. The summed E-state index contributed by atoms with van der Waals surface area (Å²) in [6.45, 7) is 2.07. The number of carbonyl (C=O) groups excluding carboxylic acids is 2. The van der Waals surface area contributed by atoms with Crippen LogP contribution >= 0.6 is 0 Å². The molecule has 3 amide bonds. The molecule has 0 aliphatic rings. The third-order valence-electron chi connectivity index (χ3n) is 3.27. The first-order valence-corrected chi connectivity index (χ1v) is 7.34. The molecule has 0 aliphatic heterocycles. The van der Waals surface area contributed by atoms with E-state index in [4.69, 9.17) is 4.52 Å². The van der Waals surface area contributed by atoms with Crippen LogP contribution in [0.25, 0.3) is 0 Å². The van der Waals surface area contributed by atoms with Crippen LogP contribution < -0.4 is 16.0 Å². The molecule has 1 aromatic heterocycles. The number of carbonyl (C=O) groups is 2. The lowest BCUT2D eigenvalue weighted by Gasteiger charge is -2.11. The Kier molecular flexibility index (Phi) is 5.74. The van der Waals surface area contributed by atoms with Gasteiger partial charge >= 0.3 is 6.03 Å².